The fourth-order valence-electron chi connectivity index (χ4n) is 3.04. The van der Waals surface area contributed by atoms with E-state index in [2.05, 4.69) is 29.5 Å². The second-order valence-electron chi connectivity index (χ2n) is 7.88. The molecule has 0 spiro atoms. The highest BCUT2D eigenvalue weighted by Gasteiger charge is 2.26. The maximum Gasteiger partial charge on any atom is 0.356 e. The summed E-state index contributed by atoms with van der Waals surface area (Å²) in [6.07, 6.45) is 2.08. The Balaban J connectivity index is 2.61. The van der Waals surface area contributed by atoms with Gasteiger partial charge >= 0.3 is 5.97 Å². The Hall–Kier alpha value is -2.61. The molecule has 2 aromatic heterocycles. The summed E-state index contributed by atoms with van der Waals surface area (Å²) in [4.78, 5) is 29.7. The molecule has 0 fully saturated rings. The van der Waals surface area contributed by atoms with Crippen LogP contribution in [0, 0.1) is 11.8 Å². The number of pyridine rings is 1. The molecule has 0 aliphatic heterocycles. The Morgan fingerprint density at radius 2 is 1.90 bits per heavy atom. The molecule has 160 valence electrons. The highest BCUT2D eigenvalue weighted by molar-refractivity contribution is 6.11. The number of rotatable bonds is 10. The van der Waals surface area contributed by atoms with Crippen LogP contribution in [-0.2, 0) is 20.8 Å². The number of hydrogen-bond acceptors (Lipinski definition) is 6. The van der Waals surface area contributed by atoms with Crippen LogP contribution in [0.15, 0.2) is 12.3 Å². The van der Waals surface area contributed by atoms with E-state index in [0.29, 0.717) is 42.2 Å². The zero-order valence-corrected chi connectivity index (χ0v) is 18.2. The zero-order valence-electron chi connectivity index (χ0n) is 18.2. The van der Waals surface area contributed by atoms with Gasteiger partial charge in [0.25, 0.3) is 0 Å². The van der Waals surface area contributed by atoms with Crippen LogP contribution in [0.4, 0.5) is 11.4 Å². The maximum atomic E-state index is 12.6. The average molecular weight is 405 g/mol. The molecule has 0 unspecified atom stereocenters. The van der Waals surface area contributed by atoms with Crippen molar-refractivity contribution in [1.29, 1.82) is 0 Å². The fourth-order valence-corrected chi connectivity index (χ4v) is 3.04. The molecule has 8 heteroatoms. The second kappa shape index (κ2) is 10.2. The van der Waals surface area contributed by atoms with Crippen LogP contribution in [0.1, 0.15) is 44.6 Å². The lowest BCUT2D eigenvalue weighted by atomic mass is 10.1. The summed E-state index contributed by atoms with van der Waals surface area (Å²) < 4.78 is 11.9. The van der Waals surface area contributed by atoms with Crippen LogP contribution in [0.3, 0.4) is 0 Å². The summed E-state index contributed by atoms with van der Waals surface area (Å²) in [5.74, 6) is -0.0280. The Bertz CT molecular complexity index is 858. The Kier molecular flexibility index (Phi) is 8.01. The monoisotopic (exact) mass is 404 g/mol. The molecule has 0 saturated heterocycles. The van der Waals surface area contributed by atoms with E-state index in [-0.39, 0.29) is 17.5 Å². The number of carbonyl (C=O) groups is 2. The third kappa shape index (κ3) is 5.69. The van der Waals surface area contributed by atoms with Crippen molar-refractivity contribution in [2.24, 2.45) is 11.8 Å². The highest BCUT2D eigenvalue weighted by Crippen LogP contribution is 2.33. The molecule has 2 heterocycles. The summed E-state index contributed by atoms with van der Waals surface area (Å²) in [6, 6.07) is 1.91. The predicted octanol–water partition coefficient (Wildman–Crippen LogP) is 3.52. The molecule has 8 nitrogen and oxygen atoms in total. The van der Waals surface area contributed by atoms with E-state index in [0.717, 1.165) is 12.2 Å². The molecular weight excluding hydrogens is 372 g/mol. The van der Waals surface area contributed by atoms with Crippen molar-refractivity contribution >= 4 is 34.3 Å². The number of esters is 1. The van der Waals surface area contributed by atoms with Gasteiger partial charge < -0.3 is 24.7 Å². The first kappa shape index (κ1) is 22.7. The minimum atomic E-state index is -0.532. The minimum absolute atomic E-state index is 0.156. The number of nitrogens with one attached hydrogen (secondary N) is 2. The third-order valence-electron chi connectivity index (χ3n) is 4.37. The first-order valence-electron chi connectivity index (χ1n) is 9.91. The molecule has 0 aliphatic rings. The normalized spacial score (nSPS) is 11.3. The molecule has 1 amide bonds. The first-order chi connectivity index (χ1) is 13.8. The highest BCUT2D eigenvalue weighted by atomic mass is 16.5. The van der Waals surface area contributed by atoms with Gasteiger partial charge in [-0.25, -0.2) is 9.78 Å². The summed E-state index contributed by atoms with van der Waals surface area (Å²) >= 11 is 0. The largest absolute Gasteiger partial charge is 0.464 e. The summed E-state index contributed by atoms with van der Waals surface area (Å²) in [5.41, 5.74) is 2.11. The van der Waals surface area contributed by atoms with Gasteiger partial charge in [0.05, 0.1) is 31.3 Å². The van der Waals surface area contributed by atoms with Crippen molar-refractivity contribution in [3.63, 3.8) is 0 Å². The van der Waals surface area contributed by atoms with Crippen molar-refractivity contribution in [3.8, 4) is 0 Å². The Morgan fingerprint density at radius 3 is 2.48 bits per heavy atom. The molecule has 0 aliphatic carbocycles. The third-order valence-corrected chi connectivity index (χ3v) is 4.37. The van der Waals surface area contributed by atoms with Crippen molar-refractivity contribution < 1.29 is 19.1 Å². The predicted molar refractivity (Wildman–Crippen MR) is 114 cm³/mol. The van der Waals surface area contributed by atoms with Crippen LogP contribution in [0.5, 0.6) is 0 Å². The number of nitrogens with zero attached hydrogens (tertiary/aromatic N) is 2. The molecule has 2 N–H and O–H groups in total. The summed E-state index contributed by atoms with van der Waals surface area (Å²) in [7, 11) is 2.92. The van der Waals surface area contributed by atoms with Gasteiger partial charge in [-0.1, -0.05) is 27.7 Å². The number of hydrogen-bond donors (Lipinski definition) is 2. The van der Waals surface area contributed by atoms with Gasteiger partial charge in [0.2, 0.25) is 5.91 Å². The lowest BCUT2D eigenvalue weighted by Gasteiger charge is -2.11. The average Bonchev–Trinajstić information content (AvgIpc) is 2.96. The van der Waals surface area contributed by atoms with E-state index in [1.807, 2.05) is 19.9 Å². The van der Waals surface area contributed by atoms with Gasteiger partial charge in [0.15, 0.2) is 5.69 Å². The molecule has 2 aromatic rings. The van der Waals surface area contributed by atoms with Crippen molar-refractivity contribution in [1.82, 2.24) is 9.55 Å². The van der Waals surface area contributed by atoms with E-state index in [4.69, 9.17) is 9.47 Å². The summed E-state index contributed by atoms with van der Waals surface area (Å²) in [6.45, 7) is 9.76. The number of carbonyl (C=O) groups excluding carboxylic acids is 2. The van der Waals surface area contributed by atoms with Crippen molar-refractivity contribution in [2.45, 2.75) is 40.7 Å². The lowest BCUT2D eigenvalue weighted by molar-refractivity contribution is -0.116. The van der Waals surface area contributed by atoms with Crippen LogP contribution < -0.4 is 10.6 Å². The SMILES string of the molecule is COCCn1c(C(=O)OC)c(NC(=O)CC(C)C)c2cc(NCC(C)C)cnc21. The number of ether oxygens (including phenoxy) is 2. The van der Waals surface area contributed by atoms with E-state index in [9.17, 15) is 9.59 Å². The molecular formula is C21H32N4O4. The van der Waals surface area contributed by atoms with Crippen LogP contribution in [-0.4, -0.2) is 48.8 Å². The number of anilines is 2. The van der Waals surface area contributed by atoms with Crippen LogP contribution in [0.2, 0.25) is 0 Å². The topological polar surface area (TPSA) is 94.5 Å². The molecule has 0 atom stereocenters. The van der Waals surface area contributed by atoms with Crippen molar-refractivity contribution in [2.75, 3.05) is 38.0 Å². The van der Waals surface area contributed by atoms with Gasteiger partial charge in [-0.05, 0) is 17.9 Å². The smallest absolute Gasteiger partial charge is 0.356 e. The minimum Gasteiger partial charge on any atom is -0.464 e. The van der Waals surface area contributed by atoms with E-state index in [1.54, 1.807) is 17.9 Å². The fraction of sp³-hybridized carbons (Fsp3) is 0.571. The number of methoxy groups -OCH3 is 2. The quantitative estimate of drug-likeness (QED) is 0.589. The second-order valence-corrected chi connectivity index (χ2v) is 7.88. The first-order valence-corrected chi connectivity index (χ1v) is 9.91. The molecule has 0 saturated carbocycles. The van der Waals surface area contributed by atoms with Gasteiger partial charge in [0, 0.05) is 32.0 Å². The standard InChI is InChI=1S/C21H32N4O4/c1-13(2)9-17(26)24-18-16-10-15(22-11-14(3)4)12-23-20(16)25(7-8-28-5)19(18)21(27)29-6/h10,12-14,22H,7-9,11H2,1-6H3,(H,24,26). The number of fused-ring (bicyclic) bond motifs is 1. The molecule has 0 aromatic carbocycles. The van der Waals surface area contributed by atoms with E-state index < -0.39 is 5.97 Å². The lowest BCUT2D eigenvalue weighted by Crippen LogP contribution is -2.19. The number of amides is 1. The van der Waals surface area contributed by atoms with E-state index >= 15 is 0 Å². The van der Waals surface area contributed by atoms with Gasteiger partial charge in [-0.3, -0.25) is 4.79 Å². The van der Waals surface area contributed by atoms with Crippen LogP contribution >= 0.6 is 0 Å². The number of aromatic nitrogens is 2. The maximum absolute atomic E-state index is 12.6. The van der Waals surface area contributed by atoms with Crippen molar-refractivity contribution in [3.05, 3.63) is 18.0 Å². The van der Waals surface area contributed by atoms with E-state index in [1.165, 1.54) is 7.11 Å². The molecule has 0 bridgehead atoms. The molecule has 2 rings (SSSR count). The molecule has 29 heavy (non-hydrogen) atoms. The zero-order chi connectivity index (χ0) is 21.6. The van der Waals surface area contributed by atoms with Crippen LogP contribution in [0.25, 0.3) is 11.0 Å². The summed E-state index contributed by atoms with van der Waals surface area (Å²) in [5, 5.41) is 6.95. The van der Waals surface area contributed by atoms with Gasteiger partial charge in [-0.2, -0.15) is 0 Å². The Morgan fingerprint density at radius 1 is 1.17 bits per heavy atom. The van der Waals surface area contributed by atoms with Gasteiger partial charge in [-0.15, -0.1) is 0 Å². The Labute approximate surface area is 172 Å². The molecule has 0 radical (unpaired) electrons. The van der Waals surface area contributed by atoms with Gasteiger partial charge in [0.1, 0.15) is 5.65 Å².